The average molecular weight is 432 g/mol. The Hall–Kier alpha value is -3.32. The molecule has 0 radical (unpaired) electrons. The lowest BCUT2D eigenvalue weighted by atomic mass is 9.97. The van der Waals surface area contributed by atoms with Gasteiger partial charge in [-0.2, -0.15) is 0 Å². The zero-order valence-electron chi connectivity index (χ0n) is 16.9. The molecule has 7 heteroatoms. The van der Waals surface area contributed by atoms with Crippen LogP contribution < -0.4 is 10.2 Å². The van der Waals surface area contributed by atoms with Gasteiger partial charge in [0.25, 0.3) is 17.7 Å². The average Bonchev–Trinajstić information content (AvgIpc) is 3.32. The van der Waals surface area contributed by atoms with Gasteiger partial charge in [0.1, 0.15) is 0 Å². The summed E-state index contributed by atoms with van der Waals surface area (Å²) in [6.45, 7) is 0.617. The smallest absolute Gasteiger partial charge is 0.268 e. The number of thiazole rings is 1. The standard InChI is InChI=1S/C24H21N3O3S/c28-21(25-13-12-15-6-2-1-3-7-15)16-10-11-19-20(14-16)31-24(26-19)27-22(29)17-8-4-5-9-18(17)23(27)30/h4-6,8-11,14H,1-3,7,12-13H2,(H,25,28). The molecule has 2 aliphatic rings. The van der Waals surface area contributed by atoms with Crippen LogP contribution in [0.1, 0.15) is 63.2 Å². The molecule has 3 aromatic rings. The summed E-state index contributed by atoms with van der Waals surface area (Å²) in [6.07, 6.45) is 7.94. The zero-order valence-corrected chi connectivity index (χ0v) is 17.7. The topological polar surface area (TPSA) is 79.4 Å². The maximum Gasteiger partial charge on any atom is 0.268 e. The molecule has 0 saturated heterocycles. The Bertz CT molecular complexity index is 1210. The highest BCUT2D eigenvalue weighted by molar-refractivity contribution is 7.22. The number of benzene rings is 2. The first-order valence-corrected chi connectivity index (χ1v) is 11.3. The molecule has 0 fully saturated rings. The van der Waals surface area contributed by atoms with Gasteiger partial charge >= 0.3 is 0 Å². The minimum absolute atomic E-state index is 0.131. The van der Waals surface area contributed by atoms with Gasteiger partial charge in [-0.25, -0.2) is 9.88 Å². The minimum Gasteiger partial charge on any atom is -0.352 e. The number of amides is 3. The van der Waals surface area contributed by atoms with Gasteiger partial charge in [0.15, 0.2) is 0 Å². The van der Waals surface area contributed by atoms with Crippen LogP contribution in [-0.4, -0.2) is 29.3 Å². The molecule has 0 bridgehead atoms. The first kappa shape index (κ1) is 19.6. The normalized spacial score (nSPS) is 15.9. The van der Waals surface area contributed by atoms with Crippen LogP contribution in [0.15, 0.2) is 54.1 Å². The van der Waals surface area contributed by atoms with Gasteiger partial charge in [-0.15, -0.1) is 0 Å². The first-order valence-electron chi connectivity index (χ1n) is 10.5. The van der Waals surface area contributed by atoms with Crippen LogP contribution in [0, 0.1) is 0 Å². The molecule has 2 heterocycles. The molecule has 6 nitrogen and oxygen atoms in total. The number of carbonyl (C=O) groups is 3. The summed E-state index contributed by atoms with van der Waals surface area (Å²) >= 11 is 1.23. The predicted octanol–water partition coefficient (Wildman–Crippen LogP) is 4.72. The Kier molecular flexibility index (Phi) is 5.11. The Morgan fingerprint density at radius 3 is 2.55 bits per heavy atom. The molecule has 0 atom stereocenters. The van der Waals surface area contributed by atoms with Gasteiger partial charge in [0.05, 0.1) is 21.3 Å². The van der Waals surface area contributed by atoms with E-state index in [4.69, 9.17) is 0 Å². The molecule has 31 heavy (non-hydrogen) atoms. The number of fused-ring (bicyclic) bond motifs is 2. The third kappa shape index (κ3) is 3.65. The first-order chi connectivity index (χ1) is 15.1. The fourth-order valence-corrected chi connectivity index (χ4v) is 5.08. The zero-order chi connectivity index (χ0) is 21.4. The van der Waals surface area contributed by atoms with Crippen LogP contribution in [0.5, 0.6) is 0 Å². The van der Waals surface area contributed by atoms with E-state index in [0.717, 1.165) is 28.9 Å². The highest BCUT2D eigenvalue weighted by atomic mass is 32.1. The van der Waals surface area contributed by atoms with E-state index >= 15 is 0 Å². The van der Waals surface area contributed by atoms with Gasteiger partial charge in [-0.1, -0.05) is 35.1 Å². The number of imide groups is 1. The summed E-state index contributed by atoms with van der Waals surface area (Å²) in [5, 5.41) is 3.31. The van der Waals surface area contributed by atoms with E-state index in [-0.39, 0.29) is 17.7 Å². The highest BCUT2D eigenvalue weighted by Gasteiger charge is 2.38. The molecule has 1 aromatic heterocycles. The van der Waals surface area contributed by atoms with E-state index in [1.165, 1.54) is 29.8 Å². The summed E-state index contributed by atoms with van der Waals surface area (Å²) in [5.74, 6) is -0.863. The Labute approximate surface area is 183 Å². The summed E-state index contributed by atoms with van der Waals surface area (Å²) in [6, 6.07) is 12.0. The van der Waals surface area contributed by atoms with E-state index in [1.807, 2.05) is 0 Å². The van der Waals surface area contributed by atoms with Gasteiger partial charge in [-0.3, -0.25) is 14.4 Å². The monoisotopic (exact) mass is 431 g/mol. The molecule has 0 spiro atoms. The van der Waals surface area contributed by atoms with Crippen molar-refractivity contribution in [1.29, 1.82) is 0 Å². The maximum atomic E-state index is 12.7. The molecule has 3 amide bonds. The van der Waals surface area contributed by atoms with Crippen LogP contribution in [0.25, 0.3) is 10.2 Å². The van der Waals surface area contributed by atoms with Crippen LogP contribution in [-0.2, 0) is 0 Å². The second-order valence-electron chi connectivity index (χ2n) is 7.78. The number of nitrogens with zero attached hydrogens (tertiary/aromatic N) is 2. The summed E-state index contributed by atoms with van der Waals surface area (Å²) < 4.78 is 0.759. The molecule has 156 valence electrons. The largest absolute Gasteiger partial charge is 0.352 e. The summed E-state index contributed by atoms with van der Waals surface area (Å²) in [4.78, 5) is 43.6. The van der Waals surface area contributed by atoms with Crippen molar-refractivity contribution in [3.05, 3.63) is 70.8 Å². The van der Waals surface area contributed by atoms with Gasteiger partial charge in [0, 0.05) is 12.1 Å². The van der Waals surface area contributed by atoms with Crippen LogP contribution in [0.3, 0.4) is 0 Å². The molecule has 0 unspecified atom stereocenters. The van der Waals surface area contributed by atoms with E-state index in [0.29, 0.717) is 33.9 Å². The van der Waals surface area contributed by atoms with Gasteiger partial charge in [-0.05, 0) is 62.4 Å². The van der Waals surface area contributed by atoms with Gasteiger partial charge in [0.2, 0.25) is 5.13 Å². The van der Waals surface area contributed by atoms with Crippen LogP contribution in [0.4, 0.5) is 5.13 Å². The summed E-state index contributed by atoms with van der Waals surface area (Å²) in [5.41, 5.74) is 3.40. The van der Waals surface area contributed by atoms with Crippen molar-refractivity contribution < 1.29 is 14.4 Å². The molecule has 0 saturated carbocycles. The Morgan fingerprint density at radius 1 is 1.06 bits per heavy atom. The summed E-state index contributed by atoms with van der Waals surface area (Å²) in [7, 11) is 0. The van der Waals surface area contributed by atoms with Crippen molar-refractivity contribution in [3.8, 4) is 0 Å². The molecule has 1 aliphatic heterocycles. The highest BCUT2D eigenvalue weighted by Crippen LogP contribution is 2.34. The van der Waals surface area contributed by atoms with Crippen molar-refractivity contribution in [2.24, 2.45) is 0 Å². The van der Waals surface area contributed by atoms with E-state index < -0.39 is 0 Å². The third-order valence-electron chi connectivity index (χ3n) is 5.74. The van der Waals surface area contributed by atoms with Crippen molar-refractivity contribution in [2.75, 3.05) is 11.4 Å². The molecular weight excluding hydrogens is 410 g/mol. The number of anilines is 1. The lowest BCUT2D eigenvalue weighted by Crippen LogP contribution is -2.29. The number of rotatable bonds is 5. The molecule has 1 N–H and O–H groups in total. The second-order valence-corrected chi connectivity index (χ2v) is 8.79. The van der Waals surface area contributed by atoms with E-state index in [2.05, 4.69) is 16.4 Å². The van der Waals surface area contributed by atoms with Crippen LogP contribution in [0.2, 0.25) is 0 Å². The lowest BCUT2D eigenvalue weighted by molar-refractivity contribution is 0.0922. The minimum atomic E-state index is -0.366. The van der Waals surface area contributed by atoms with Crippen molar-refractivity contribution >= 4 is 44.4 Å². The molecular formula is C24H21N3O3S. The fraction of sp³-hybridized carbons (Fsp3) is 0.250. The molecule has 1 aliphatic carbocycles. The number of nitrogens with one attached hydrogen (secondary N) is 1. The third-order valence-corrected chi connectivity index (χ3v) is 6.74. The van der Waals surface area contributed by atoms with Crippen LogP contribution >= 0.6 is 11.3 Å². The van der Waals surface area contributed by atoms with Crippen molar-refractivity contribution in [2.45, 2.75) is 32.1 Å². The predicted molar refractivity (Wildman–Crippen MR) is 121 cm³/mol. The molecule has 5 rings (SSSR count). The number of hydrogen-bond donors (Lipinski definition) is 1. The Balaban J connectivity index is 1.32. The van der Waals surface area contributed by atoms with Crippen molar-refractivity contribution in [3.63, 3.8) is 0 Å². The Morgan fingerprint density at radius 2 is 1.84 bits per heavy atom. The SMILES string of the molecule is O=C(NCCC1=CCCCC1)c1ccc2nc(N3C(=O)c4ccccc4C3=O)sc2c1. The molecule has 2 aromatic carbocycles. The number of hydrogen-bond acceptors (Lipinski definition) is 5. The van der Waals surface area contributed by atoms with E-state index in [9.17, 15) is 14.4 Å². The van der Waals surface area contributed by atoms with E-state index in [1.54, 1.807) is 42.5 Å². The number of aromatic nitrogens is 1. The fourth-order valence-electron chi connectivity index (χ4n) is 4.08. The lowest BCUT2D eigenvalue weighted by Gasteiger charge is -2.12. The number of allylic oxidation sites excluding steroid dienone is 1. The maximum absolute atomic E-state index is 12.7. The number of carbonyl (C=O) groups excluding carboxylic acids is 3. The van der Waals surface area contributed by atoms with Gasteiger partial charge < -0.3 is 5.32 Å². The van der Waals surface area contributed by atoms with Crippen molar-refractivity contribution in [1.82, 2.24) is 10.3 Å². The quantitative estimate of drug-likeness (QED) is 0.468. The second kappa shape index (κ2) is 8.07.